The van der Waals surface area contributed by atoms with Gasteiger partial charge in [0.15, 0.2) is 0 Å². The number of fused-ring (bicyclic) bond motifs is 1. The largest absolute Gasteiger partial charge is 0.550 e. The van der Waals surface area contributed by atoms with E-state index in [0.29, 0.717) is 0 Å². The Bertz CT molecular complexity index is 752. The lowest BCUT2D eigenvalue weighted by Gasteiger charge is -2.18. The van der Waals surface area contributed by atoms with E-state index in [-0.39, 0.29) is 31.5 Å². The predicted molar refractivity (Wildman–Crippen MR) is 82.3 cm³/mol. The second kappa shape index (κ2) is 7.74. The monoisotopic (exact) mass is 330 g/mol. The highest BCUT2D eigenvalue weighted by Crippen LogP contribution is 2.22. The Morgan fingerprint density at radius 2 is 1.83 bits per heavy atom. The van der Waals surface area contributed by atoms with Crippen molar-refractivity contribution < 1.29 is 24.6 Å². The van der Waals surface area contributed by atoms with E-state index in [1.807, 2.05) is 24.3 Å². The number of aromatic amines is 1. The fraction of sp³-hybridized carbons (Fsp3) is 0.353. The van der Waals surface area contributed by atoms with Gasteiger partial charge in [-0.25, -0.2) is 0 Å². The van der Waals surface area contributed by atoms with Crippen LogP contribution in [0.1, 0.15) is 24.8 Å². The fourth-order valence-corrected chi connectivity index (χ4v) is 2.62. The molecule has 7 heteroatoms. The van der Waals surface area contributed by atoms with Gasteiger partial charge < -0.3 is 30.5 Å². The molecule has 0 aliphatic heterocycles. The summed E-state index contributed by atoms with van der Waals surface area (Å²) in [5.41, 5.74) is 6.96. The molecule has 1 aromatic heterocycles. The molecular formula is C17H18N2O5-2. The van der Waals surface area contributed by atoms with E-state index in [2.05, 4.69) is 4.98 Å². The lowest BCUT2D eigenvalue weighted by atomic mass is 9.92. The van der Waals surface area contributed by atoms with Gasteiger partial charge in [0.25, 0.3) is 0 Å². The van der Waals surface area contributed by atoms with Gasteiger partial charge >= 0.3 is 0 Å². The van der Waals surface area contributed by atoms with Crippen LogP contribution in [-0.4, -0.2) is 28.7 Å². The molecule has 1 heterocycles. The van der Waals surface area contributed by atoms with Crippen LogP contribution in [0.2, 0.25) is 0 Å². The summed E-state index contributed by atoms with van der Waals surface area (Å²) in [6.07, 6.45) is 1.48. The smallest absolute Gasteiger partial charge is 0.133 e. The number of H-pyrrole nitrogens is 1. The number of nitrogens with one attached hydrogen (secondary N) is 1. The van der Waals surface area contributed by atoms with E-state index in [1.165, 1.54) is 0 Å². The van der Waals surface area contributed by atoms with E-state index in [1.54, 1.807) is 6.20 Å². The maximum Gasteiger partial charge on any atom is 0.133 e. The first-order valence-electron chi connectivity index (χ1n) is 7.62. The molecule has 2 atom stereocenters. The Morgan fingerprint density at radius 3 is 2.50 bits per heavy atom. The SMILES string of the molecule is N[C@@H](CCC(=O)C[C@@H](Cc1c[nH]c2ccccc12)C(=O)[O-])C(=O)[O-]. The van der Waals surface area contributed by atoms with Crippen LogP contribution in [0.3, 0.4) is 0 Å². The van der Waals surface area contributed by atoms with E-state index in [0.717, 1.165) is 16.5 Å². The topological polar surface area (TPSA) is 139 Å². The van der Waals surface area contributed by atoms with Crippen LogP contribution in [-0.2, 0) is 20.8 Å². The van der Waals surface area contributed by atoms with Crippen molar-refractivity contribution in [3.05, 3.63) is 36.0 Å². The maximum atomic E-state index is 11.9. The fourth-order valence-electron chi connectivity index (χ4n) is 2.62. The summed E-state index contributed by atoms with van der Waals surface area (Å²) in [5, 5.41) is 22.8. The number of carbonyl (C=O) groups excluding carboxylic acids is 3. The van der Waals surface area contributed by atoms with Gasteiger partial charge in [-0.3, -0.25) is 4.79 Å². The lowest BCUT2D eigenvalue weighted by molar-refractivity contribution is -0.312. The van der Waals surface area contributed by atoms with Crippen molar-refractivity contribution in [3.63, 3.8) is 0 Å². The zero-order valence-electron chi connectivity index (χ0n) is 13.0. The van der Waals surface area contributed by atoms with Crippen molar-refractivity contribution in [1.82, 2.24) is 4.98 Å². The third kappa shape index (κ3) is 4.42. The molecule has 0 aliphatic rings. The second-order valence-corrected chi connectivity index (χ2v) is 5.79. The number of hydrogen-bond donors (Lipinski definition) is 2. The predicted octanol–water partition coefficient (Wildman–Crippen LogP) is -1.11. The van der Waals surface area contributed by atoms with Crippen LogP contribution in [0, 0.1) is 5.92 Å². The van der Waals surface area contributed by atoms with Gasteiger partial charge in [0, 0.05) is 47.9 Å². The number of Topliss-reactive ketones (excluding diaryl/α,β-unsaturated/α-hetero) is 1. The third-order valence-corrected chi connectivity index (χ3v) is 3.99. The number of ketones is 1. The minimum Gasteiger partial charge on any atom is -0.550 e. The summed E-state index contributed by atoms with van der Waals surface area (Å²) >= 11 is 0. The van der Waals surface area contributed by atoms with Crippen LogP contribution in [0.15, 0.2) is 30.5 Å². The molecule has 2 aromatic rings. The molecular weight excluding hydrogens is 312 g/mol. The minimum absolute atomic E-state index is 0.0754. The van der Waals surface area contributed by atoms with Gasteiger partial charge in [-0.1, -0.05) is 18.2 Å². The lowest BCUT2D eigenvalue weighted by Crippen LogP contribution is -2.42. The zero-order valence-corrected chi connectivity index (χ0v) is 13.0. The molecule has 128 valence electrons. The van der Waals surface area contributed by atoms with Crippen LogP contribution >= 0.6 is 0 Å². The number of benzene rings is 1. The quantitative estimate of drug-likeness (QED) is 0.598. The van der Waals surface area contributed by atoms with Crippen molar-refractivity contribution >= 4 is 28.6 Å². The number of carbonyl (C=O) groups is 3. The van der Waals surface area contributed by atoms with Gasteiger partial charge in [-0.2, -0.15) is 0 Å². The molecule has 0 amide bonds. The summed E-state index contributed by atoms with van der Waals surface area (Å²) in [4.78, 5) is 36.8. The van der Waals surface area contributed by atoms with Crippen molar-refractivity contribution in [3.8, 4) is 0 Å². The van der Waals surface area contributed by atoms with Crippen LogP contribution in [0.25, 0.3) is 10.9 Å². The van der Waals surface area contributed by atoms with Crippen molar-refractivity contribution in [2.24, 2.45) is 11.7 Å². The Labute approximate surface area is 138 Å². The van der Waals surface area contributed by atoms with Gasteiger partial charge in [-0.05, 0) is 24.5 Å². The molecule has 0 aliphatic carbocycles. The maximum absolute atomic E-state index is 11.9. The van der Waals surface area contributed by atoms with E-state index in [9.17, 15) is 24.6 Å². The number of rotatable bonds is 9. The van der Waals surface area contributed by atoms with Gasteiger partial charge in [-0.15, -0.1) is 0 Å². The van der Waals surface area contributed by atoms with E-state index < -0.39 is 23.9 Å². The Hall–Kier alpha value is -2.67. The number of aromatic nitrogens is 1. The van der Waals surface area contributed by atoms with Crippen LogP contribution in [0.4, 0.5) is 0 Å². The number of para-hydroxylation sites is 1. The molecule has 24 heavy (non-hydrogen) atoms. The molecule has 2 rings (SSSR count). The summed E-state index contributed by atoms with van der Waals surface area (Å²) < 4.78 is 0. The highest BCUT2D eigenvalue weighted by atomic mass is 16.4. The molecule has 3 N–H and O–H groups in total. The highest BCUT2D eigenvalue weighted by Gasteiger charge is 2.18. The van der Waals surface area contributed by atoms with Crippen LogP contribution in [0.5, 0.6) is 0 Å². The number of nitrogens with two attached hydrogens (primary N) is 1. The number of aliphatic carboxylic acids is 2. The normalized spacial score (nSPS) is 13.5. The molecule has 7 nitrogen and oxygen atoms in total. The first kappa shape index (κ1) is 17.7. The Balaban J connectivity index is 2.01. The summed E-state index contributed by atoms with van der Waals surface area (Å²) in [7, 11) is 0. The molecule has 0 radical (unpaired) electrons. The van der Waals surface area contributed by atoms with Crippen molar-refractivity contribution in [2.75, 3.05) is 0 Å². The Morgan fingerprint density at radius 1 is 1.12 bits per heavy atom. The molecule has 0 saturated carbocycles. The van der Waals surface area contributed by atoms with Crippen molar-refractivity contribution in [1.29, 1.82) is 0 Å². The molecule has 0 unspecified atom stereocenters. The molecule has 0 fully saturated rings. The first-order chi connectivity index (χ1) is 11.4. The highest BCUT2D eigenvalue weighted by molar-refractivity contribution is 5.86. The van der Waals surface area contributed by atoms with E-state index in [4.69, 9.17) is 5.73 Å². The molecule has 0 spiro atoms. The van der Waals surface area contributed by atoms with Crippen molar-refractivity contribution in [2.45, 2.75) is 31.7 Å². The summed E-state index contributed by atoms with van der Waals surface area (Å²) in [5.74, 6) is -4.08. The summed E-state index contributed by atoms with van der Waals surface area (Å²) in [6.45, 7) is 0. The molecule has 0 saturated heterocycles. The zero-order chi connectivity index (χ0) is 17.7. The van der Waals surface area contributed by atoms with E-state index >= 15 is 0 Å². The standard InChI is InChI=1S/C17H20N2O5/c18-14(17(23)24)6-5-12(20)8-10(16(21)22)7-11-9-19-15-4-2-1-3-13(11)15/h1-4,9-10,14,19H,5-8,18H2,(H,21,22)(H,23,24)/p-2/t10-,14+/m1/s1. The summed E-state index contributed by atoms with van der Waals surface area (Å²) in [6, 6.07) is 6.22. The van der Waals surface area contributed by atoms with Gasteiger partial charge in [0.1, 0.15) is 5.78 Å². The number of hydrogen-bond acceptors (Lipinski definition) is 6. The minimum atomic E-state index is -1.43. The third-order valence-electron chi connectivity index (χ3n) is 3.99. The Kier molecular flexibility index (Phi) is 5.70. The first-order valence-corrected chi connectivity index (χ1v) is 7.62. The van der Waals surface area contributed by atoms with Gasteiger partial charge in [0.05, 0.1) is 5.97 Å². The van der Waals surface area contributed by atoms with Crippen LogP contribution < -0.4 is 15.9 Å². The average Bonchev–Trinajstić information content (AvgIpc) is 2.95. The number of carboxylic acids is 2. The number of carboxylic acid groups (broad SMARTS) is 2. The second-order valence-electron chi connectivity index (χ2n) is 5.79. The van der Waals surface area contributed by atoms with Gasteiger partial charge in [0.2, 0.25) is 0 Å². The molecule has 1 aromatic carbocycles. The average molecular weight is 330 g/mol. The molecule has 0 bridgehead atoms.